The molecule has 0 aliphatic rings. The Balaban J connectivity index is 2.19. The fourth-order valence-corrected chi connectivity index (χ4v) is 2.16. The van der Waals surface area contributed by atoms with Crippen molar-refractivity contribution in [1.82, 2.24) is 10.3 Å². The summed E-state index contributed by atoms with van der Waals surface area (Å²) in [5.74, 6) is 0. The first-order valence-electron chi connectivity index (χ1n) is 6.55. The summed E-state index contributed by atoms with van der Waals surface area (Å²) >= 11 is 6.10. The third-order valence-electron chi connectivity index (χ3n) is 3.01. The molecule has 0 spiro atoms. The average Bonchev–Trinajstić information content (AvgIpc) is 2.40. The first-order chi connectivity index (χ1) is 9.15. The molecule has 1 aromatic carbocycles. The number of halogens is 1. The fourth-order valence-electron chi connectivity index (χ4n) is 1.97. The van der Waals surface area contributed by atoms with Crippen molar-refractivity contribution in [2.75, 3.05) is 0 Å². The van der Waals surface area contributed by atoms with Crippen molar-refractivity contribution >= 4 is 11.6 Å². The quantitative estimate of drug-likeness (QED) is 0.896. The summed E-state index contributed by atoms with van der Waals surface area (Å²) in [5.41, 5.74) is 3.84. The molecule has 0 atom stereocenters. The monoisotopic (exact) mass is 274 g/mol. The van der Waals surface area contributed by atoms with E-state index in [9.17, 15) is 0 Å². The minimum absolute atomic E-state index is 0.466. The van der Waals surface area contributed by atoms with Gasteiger partial charge in [0.05, 0.1) is 0 Å². The van der Waals surface area contributed by atoms with E-state index in [1.807, 2.05) is 36.7 Å². The smallest absolute Gasteiger partial charge is 0.0409 e. The van der Waals surface area contributed by atoms with Gasteiger partial charge in [-0.25, -0.2) is 0 Å². The number of benzene rings is 1. The van der Waals surface area contributed by atoms with E-state index in [2.05, 4.69) is 30.2 Å². The van der Waals surface area contributed by atoms with Crippen LogP contribution in [0.25, 0.3) is 0 Å². The van der Waals surface area contributed by atoms with E-state index in [0.29, 0.717) is 6.04 Å². The van der Waals surface area contributed by atoms with Crippen LogP contribution in [0.5, 0.6) is 0 Å². The topological polar surface area (TPSA) is 24.9 Å². The highest BCUT2D eigenvalue weighted by Gasteiger charge is 2.05. The number of nitrogens with one attached hydrogen (secondary N) is 1. The Hall–Kier alpha value is -1.38. The second-order valence-corrected chi connectivity index (χ2v) is 5.42. The highest BCUT2D eigenvalue weighted by molar-refractivity contribution is 6.30. The molecule has 0 aliphatic heterocycles. The molecule has 0 radical (unpaired) electrons. The number of nitrogens with zero attached hydrogens (tertiary/aromatic N) is 1. The van der Waals surface area contributed by atoms with Gasteiger partial charge in [-0.05, 0) is 47.4 Å². The zero-order valence-corrected chi connectivity index (χ0v) is 12.1. The zero-order chi connectivity index (χ0) is 13.7. The van der Waals surface area contributed by atoms with Gasteiger partial charge in [0.15, 0.2) is 0 Å². The SMILES string of the molecule is CC(C)NCc1cc(Cl)ccc1Cc1ccncc1. The lowest BCUT2D eigenvalue weighted by atomic mass is 10.0. The maximum atomic E-state index is 6.10. The van der Waals surface area contributed by atoms with Crippen LogP contribution in [0.1, 0.15) is 30.5 Å². The number of pyridine rings is 1. The normalized spacial score (nSPS) is 10.9. The molecule has 0 saturated heterocycles. The number of rotatable bonds is 5. The van der Waals surface area contributed by atoms with Crippen molar-refractivity contribution < 1.29 is 0 Å². The van der Waals surface area contributed by atoms with Crippen molar-refractivity contribution in [3.8, 4) is 0 Å². The molecule has 2 aromatic rings. The van der Waals surface area contributed by atoms with E-state index in [0.717, 1.165) is 18.0 Å². The van der Waals surface area contributed by atoms with Gasteiger partial charge < -0.3 is 5.32 Å². The first kappa shape index (κ1) is 14.0. The predicted molar refractivity (Wildman–Crippen MR) is 80.5 cm³/mol. The summed E-state index contributed by atoms with van der Waals surface area (Å²) < 4.78 is 0. The standard InChI is InChI=1S/C16H19ClN2/c1-12(2)19-11-15-10-16(17)4-3-14(15)9-13-5-7-18-8-6-13/h3-8,10,12,19H,9,11H2,1-2H3. The number of hydrogen-bond acceptors (Lipinski definition) is 2. The lowest BCUT2D eigenvalue weighted by Gasteiger charge is -2.13. The summed E-state index contributed by atoms with van der Waals surface area (Å²) in [6.07, 6.45) is 4.57. The molecule has 0 bridgehead atoms. The lowest BCUT2D eigenvalue weighted by molar-refractivity contribution is 0.587. The molecule has 1 aromatic heterocycles. The highest BCUT2D eigenvalue weighted by Crippen LogP contribution is 2.19. The Morgan fingerprint density at radius 1 is 1.11 bits per heavy atom. The van der Waals surface area contributed by atoms with Crippen LogP contribution in [0, 0.1) is 0 Å². The molecule has 100 valence electrons. The van der Waals surface area contributed by atoms with Gasteiger partial charge in [-0.1, -0.05) is 31.5 Å². The first-order valence-corrected chi connectivity index (χ1v) is 6.92. The van der Waals surface area contributed by atoms with Gasteiger partial charge in [0, 0.05) is 30.0 Å². The van der Waals surface area contributed by atoms with E-state index >= 15 is 0 Å². The van der Waals surface area contributed by atoms with Crippen LogP contribution in [0.3, 0.4) is 0 Å². The second-order valence-electron chi connectivity index (χ2n) is 4.98. The van der Waals surface area contributed by atoms with E-state index in [4.69, 9.17) is 11.6 Å². The molecule has 2 rings (SSSR count). The van der Waals surface area contributed by atoms with Crippen molar-refractivity contribution in [3.63, 3.8) is 0 Å². The van der Waals surface area contributed by atoms with Gasteiger partial charge in [0.1, 0.15) is 0 Å². The Labute approximate surface area is 119 Å². The molecule has 2 nitrogen and oxygen atoms in total. The predicted octanol–water partition coefficient (Wildman–Crippen LogP) is 3.82. The Morgan fingerprint density at radius 3 is 2.53 bits per heavy atom. The molecule has 0 fully saturated rings. The second kappa shape index (κ2) is 6.69. The maximum Gasteiger partial charge on any atom is 0.0409 e. The lowest BCUT2D eigenvalue weighted by Crippen LogP contribution is -2.22. The van der Waals surface area contributed by atoms with Crippen LogP contribution in [0.15, 0.2) is 42.7 Å². The average molecular weight is 275 g/mol. The Morgan fingerprint density at radius 2 is 1.84 bits per heavy atom. The molecular weight excluding hydrogens is 256 g/mol. The van der Waals surface area contributed by atoms with Crippen LogP contribution in [-0.4, -0.2) is 11.0 Å². The van der Waals surface area contributed by atoms with Crippen molar-refractivity contribution in [3.05, 3.63) is 64.4 Å². The molecule has 19 heavy (non-hydrogen) atoms. The molecule has 3 heteroatoms. The minimum Gasteiger partial charge on any atom is -0.310 e. The molecule has 1 N–H and O–H groups in total. The fraction of sp³-hybridized carbons (Fsp3) is 0.312. The summed E-state index contributed by atoms with van der Waals surface area (Å²) in [6, 6.07) is 10.7. The molecule has 0 saturated carbocycles. The molecule has 0 amide bonds. The van der Waals surface area contributed by atoms with Crippen LogP contribution >= 0.6 is 11.6 Å². The highest BCUT2D eigenvalue weighted by atomic mass is 35.5. The van der Waals surface area contributed by atoms with Crippen LogP contribution < -0.4 is 5.32 Å². The molecular formula is C16H19ClN2. The Bertz CT molecular complexity index is 524. The van der Waals surface area contributed by atoms with Crippen molar-refractivity contribution in [1.29, 1.82) is 0 Å². The van der Waals surface area contributed by atoms with E-state index < -0.39 is 0 Å². The molecule has 1 heterocycles. The Kier molecular flexibility index (Phi) is 4.94. The van der Waals surface area contributed by atoms with Gasteiger partial charge in [0.25, 0.3) is 0 Å². The van der Waals surface area contributed by atoms with Crippen LogP contribution in [-0.2, 0) is 13.0 Å². The summed E-state index contributed by atoms with van der Waals surface area (Å²) in [7, 11) is 0. The molecule has 0 aliphatic carbocycles. The number of aromatic nitrogens is 1. The van der Waals surface area contributed by atoms with Crippen LogP contribution in [0.4, 0.5) is 0 Å². The van der Waals surface area contributed by atoms with Crippen molar-refractivity contribution in [2.45, 2.75) is 32.9 Å². The van der Waals surface area contributed by atoms with Gasteiger partial charge in [-0.3, -0.25) is 4.98 Å². The molecule has 0 unspecified atom stereocenters. The summed E-state index contributed by atoms with van der Waals surface area (Å²) in [6.45, 7) is 5.14. The van der Waals surface area contributed by atoms with E-state index in [-0.39, 0.29) is 0 Å². The maximum absolute atomic E-state index is 6.10. The van der Waals surface area contributed by atoms with E-state index in [1.54, 1.807) is 0 Å². The van der Waals surface area contributed by atoms with Crippen molar-refractivity contribution in [2.24, 2.45) is 0 Å². The number of hydrogen-bond donors (Lipinski definition) is 1. The zero-order valence-electron chi connectivity index (χ0n) is 11.4. The summed E-state index contributed by atoms with van der Waals surface area (Å²) in [4.78, 5) is 4.05. The third-order valence-corrected chi connectivity index (χ3v) is 3.25. The van der Waals surface area contributed by atoms with Crippen LogP contribution in [0.2, 0.25) is 5.02 Å². The van der Waals surface area contributed by atoms with Gasteiger partial charge in [-0.15, -0.1) is 0 Å². The van der Waals surface area contributed by atoms with Gasteiger partial charge in [-0.2, -0.15) is 0 Å². The van der Waals surface area contributed by atoms with Gasteiger partial charge >= 0.3 is 0 Å². The van der Waals surface area contributed by atoms with E-state index in [1.165, 1.54) is 16.7 Å². The minimum atomic E-state index is 0.466. The largest absolute Gasteiger partial charge is 0.310 e. The summed E-state index contributed by atoms with van der Waals surface area (Å²) in [5, 5.41) is 4.23. The van der Waals surface area contributed by atoms with Gasteiger partial charge in [0.2, 0.25) is 0 Å². The third kappa shape index (κ3) is 4.34.